The number of imidazole rings is 1. The molecule has 1 amide bonds. The van der Waals surface area contributed by atoms with Gasteiger partial charge in [-0.15, -0.1) is 0 Å². The summed E-state index contributed by atoms with van der Waals surface area (Å²) in [5, 5.41) is 9.49. The van der Waals surface area contributed by atoms with Crippen LogP contribution in [-0.4, -0.2) is 62.3 Å². The molecule has 6 rings (SSSR count). The SMILES string of the molecule is Cc1nc2ccccc2n1C1C[C@H]2CC[C@@H](C1)N2CCC1(c2ccccc2)CCN(C(=O)O)CC1. The highest BCUT2D eigenvalue weighted by Crippen LogP contribution is 2.45. The van der Waals surface area contributed by atoms with Gasteiger partial charge in [0, 0.05) is 31.2 Å². The van der Waals surface area contributed by atoms with Crippen LogP contribution in [0.25, 0.3) is 11.0 Å². The molecule has 2 bridgehead atoms. The van der Waals surface area contributed by atoms with Gasteiger partial charge < -0.3 is 14.6 Å². The molecule has 6 heteroatoms. The fourth-order valence-corrected chi connectivity index (χ4v) is 7.39. The molecule has 3 atom stereocenters. The predicted octanol–water partition coefficient (Wildman–Crippen LogP) is 5.61. The maximum Gasteiger partial charge on any atom is 0.407 e. The second-order valence-electron chi connectivity index (χ2n) is 10.9. The van der Waals surface area contributed by atoms with Crippen LogP contribution in [0.2, 0.25) is 0 Å². The van der Waals surface area contributed by atoms with Gasteiger partial charge in [-0.1, -0.05) is 42.5 Å². The lowest BCUT2D eigenvalue weighted by Crippen LogP contribution is -2.48. The maximum atomic E-state index is 11.5. The van der Waals surface area contributed by atoms with Crippen LogP contribution in [0, 0.1) is 6.92 Å². The molecule has 2 aromatic carbocycles. The van der Waals surface area contributed by atoms with E-state index in [9.17, 15) is 9.90 Å². The molecule has 3 fully saturated rings. The van der Waals surface area contributed by atoms with Crippen LogP contribution in [0.1, 0.15) is 62.4 Å². The number of para-hydroxylation sites is 2. The third kappa shape index (κ3) is 4.02. The molecule has 0 spiro atoms. The number of aromatic nitrogens is 2. The lowest BCUT2D eigenvalue weighted by Gasteiger charge is -2.45. The summed E-state index contributed by atoms with van der Waals surface area (Å²) in [7, 11) is 0. The molecule has 3 saturated heterocycles. The summed E-state index contributed by atoms with van der Waals surface area (Å²) in [5.74, 6) is 1.14. The van der Waals surface area contributed by atoms with Crippen molar-refractivity contribution in [2.75, 3.05) is 19.6 Å². The summed E-state index contributed by atoms with van der Waals surface area (Å²) in [5.41, 5.74) is 3.84. The summed E-state index contributed by atoms with van der Waals surface area (Å²) < 4.78 is 2.51. The van der Waals surface area contributed by atoms with Crippen molar-refractivity contribution in [1.29, 1.82) is 0 Å². The molecule has 4 heterocycles. The molecular formula is C29H36N4O2. The first-order valence-corrected chi connectivity index (χ1v) is 13.3. The van der Waals surface area contributed by atoms with E-state index in [0.717, 1.165) is 37.1 Å². The fraction of sp³-hybridized carbons (Fsp3) is 0.517. The number of nitrogens with zero attached hydrogens (tertiary/aromatic N) is 4. The molecule has 6 nitrogen and oxygen atoms in total. The summed E-state index contributed by atoms with van der Waals surface area (Å²) in [6.07, 6.45) is 7.12. The number of hydrogen-bond donors (Lipinski definition) is 1. The summed E-state index contributed by atoms with van der Waals surface area (Å²) >= 11 is 0. The first kappa shape index (κ1) is 22.6. The normalized spacial score (nSPS) is 26.3. The Kier molecular flexibility index (Phi) is 5.79. The van der Waals surface area contributed by atoms with Gasteiger partial charge in [0.05, 0.1) is 11.0 Å². The topological polar surface area (TPSA) is 61.6 Å². The molecule has 184 valence electrons. The zero-order valence-corrected chi connectivity index (χ0v) is 20.6. The third-order valence-corrected chi connectivity index (χ3v) is 9.22. The number of fused-ring (bicyclic) bond motifs is 3. The van der Waals surface area contributed by atoms with Crippen molar-refractivity contribution >= 4 is 17.1 Å². The summed E-state index contributed by atoms with van der Waals surface area (Å²) in [6.45, 7) is 4.52. The Hall–Kier alpha value is -2.86. The van der Waals surface area contributed by atoms with Gasteiger partial charge in [-0.3, -0.25) is 4.90 Å². The zero-order valence-electron chi connectivity index (χ0n) is 20.6. The molecule has 0 saturated carbocycles. The largest absolute Gasteiger partial charge is 0.465 e. The van der Waals surface area contributed by atoms with Crippen molar-refractivity contribution in [3.05, 3.63) is 66.0 Å². The van der Waals surface area contributed by atoms with Gasteiger partial charge in [0.1, 0.15) is 5.82 Å². The second kappa shape index (κ2) is 8.98. The van der Waals surface area contributed by atoms with Crippen molar-refractivity contribution in [1.82, 2.24) is 19.4 Å². The van der Waals surface area contributed by atoms with Gasteiger partial charge in [-0.05, 0) is 81.5 Å². The quantitative estimate of drug-likeness (QED) is 0.524. The van der Waals surface area contributed by atoms with E-state index in [1.54, 1.807) is 4.90 Å². The van der Waals surface area contributed by atoms with Gasteiger partial charge in [0.2, 0.25) is 0 Å². The summed E-state index contributed by atoms with van der Waals surface area (Å²) in [6, 6.07) is 21.2. The molecule has 0 radical (unpaired) electrons. The van der Waals surface area contributed by atoms with Crippen LogP contribution in [-0.2, 0) is 5.41 Å². The number of carbonyl (C=O) groups is 1. The van der Waals surface area contributed by atoms with Gasteiger partial charge in [-0.2, -0.15) is 0 Å². The van der Waals surface area contributed by atoms with Crippen LogP contribution in [0.3, 0.4) is 0 Å². The molecule has 0 aliphatic carbocycles. The van der Waals surface area contributed by atoms with E-state index in [-0.39, 0.29) is 5.41 Å². The van der Waals surface area contributed by atoms with E-state index in [2.05, 4.69) is 71.0 Å². The Morgan fingerprint density at radius 3 is 2.31 bits per heavy atom. The van der Waals surface area contributed by atoms with Crippen molar-refractivity contribution < 1.29 is 9.90 Å². The Labute approximate surface area is 207 Å². The van der Waals surface area contributed by atoms with Gasteiger partial charge in [-0.25, -0.2) is 9.78 Å². The predicted molar refractivity (Wildman–Crippen MR) is 138 cm³/mol. The van der Waals surface area contributed by atoms with Crippen LogP contribution in [0.5, 0.6) is 0 Å². The van der Waals surface area contributed by atoms with E-state index in [1.807, 2.05) is 0 Å². The zero-order chi connectivity index (χ0) is 24.0. The summed E-state index contributed by atoms with van der Waals surface area (Å²) in [4.78, 5) is 20.8. The maximum absolute atomic E-state index is 11.5. The van der Waals surface area contributed by atoms with Crippen LogP contribution >= 0.6 is 0 Å². The highest BCUT2D eigenvalue weighted by atomic mass is 16.4. The van der Waals surface area contributed by atoms with E-state index < -0.39 is 6.09 Å². The number of amides is 1. The average Bonchev–Trinajstić information content (AvgIpc) is 3.34. The van der Waals surface area contributed by atoms with E-state index >= 15 is 0 Å². The smallest absolute Gasteiger partial charge is 0.407 e. The van der Waals surface area contributed by atoms with Gasteiger partial charge >= 0.3 is 6.09 Å². The molecule has 1 unspecified atom stereocenters. The monoisotopic (exact) mass is 472 g/mol. The highest BCUT2D eigenvalue weighted by molar-refractivity contribution is 5.76. The molecule has 3 aliphatic rings. The Morgan fingerprint density at radius 1 is 0.971 bits per heavy atom. The number of benzene rings is 2. The molecule has 1 N–H and O–H groups in total. The molecule has 1 aromatic heterocycles. The molecule has 35 heavy (non-hydrogen) atoms. The molecular weight excluding hydrogens is 436 g/mol. The van der Waals surface area contributed by atoms with Crippen molar-refractivity contribution in [2.24, 2.45) is 0 Å². The van der Waals surface area contributed by atoms with E-state index in [4.69, 9.17) is 4.98 Å². The average molecular weight is 473 g/mol. The minimum atomic E-state index is -0.783. The van der Waals surface area contributed by atoms with Crippen LogP contribution in [0.4, 0.5) is 4.79 Å². The number of likely N-dealkylation sites (tertiary alicyclic amines) is 1. The second-order valence-corrected chi connectivity index (χ2v) is 10.9. The first-order valence-electron chi connectivity index (χ1n) is 13.3. The third-order valence-electron chi connectivity index (χ3n) is 9.22. The lowest BCUT2D eigenvalue weighted by atomic mass is 9.70. The van der Waals surface area contributed by atoms with Gasteiger partial charge in [0.25, 0.3) is 0 Å². The molecule has 3 aliphatic heterocycles. The van der Waals surface area contributed by atoms with Crippen molar-refractivity contribution in [3.8, 4) is 0 Å². The first-order chi connectivity index (χ1) is 17.0. The Balaban J connectivity index is 1.19. The Bertz CT molecular complexity index is 1180. The minimum absolute atomic E-state index is 0.0701. The fourth-order valence-electron chi connectivity index (χ4n) is 7.39. The van der Waals surface area contributed by atoms with Crippen LogP contribution in [0.15, 0.2) is 54.6 Å². The number of rotatable bonds is 5. The van der Waals surface area contributed by atoms with E-state index in [1.165, 1.54) is 36.8 Å². The van der Waals surface area contributed by atoms with Crippen molar-refractivity contribution in [3.63, 3.8) is 0 Å². The lowest BCUT2D eigenvalue weighted by molar-refractivity contribution is 0.0800. The number of piperidine rings is 2. The number of carboxylic acid groups (broad SMARTS) is 1. The van der Waals surface area contributed by atoms with Crippen molar-refractivity contribution in [2.45, 2.75) is 75.4 Å². The van der Waals surface area contributed by atoms with Crippen LogP contribution < -0.4 is 0 Å². The minimum Gasteiger partial charge on any atom is -0.465 e. The highest BCUT2D eigenvalue weighted by Gasteiger charge is 2.44. The standard InChI is InChI=1S/C29H36N4O2/c1-21-30-26-9-5-6-10-27(26)33(21)25-19-23-11-12-24(20-25)32(23)18-15-29(22-7-3-2-4-8-22)13-16-31(17-14-29)28(34)35/h2-10,23-25H,11-20H2,1H3,(H,34,35)/t23-,24+,25?. The Morgan fingerprint density at radius 2 is 1.63 bits per heavy atom. The van der Waals surface area contributed by atoms with E-state index in [0.29, 0.717) is 31.2 Å². The number of hydrogen-bond acceptors (Lipinski definition) is 3. The van der Waals surface area contributed by atoms with Gasteiger partial charge in [0.15, 0.2) is 0 Å². The number of aryl methyl sites for hydroxylation is 1. The molecule has 3 aromatic rings.